The Hall–Kier alpha value is -2.08. The van der Waals surface area contributed by atoms with Crippen molar-refractivity contribution >= 4 is 11.8 Å². The van der Waals surface area contributed by atoms with Gasteiger partial charge in [-0.05, 0) is 30.0 Å². The van der Waals surface area contributed by atoms with Crippen LogP contribution < -0.4 is 15.4 Å². The average Bonchev–Trinajstić information content (AvgIpc) is 3.35. The monoisotopic (exact) mass is 318 g/mol. The Morgan fingerprint density at radius 2 is 1.83 bits per heavy atom. The number of epoxide rings is 1. The topological polar surface area (TPSA) is 80.0 Å². The molecule has 6 nitrogen and oxygen atoms in total. The Morgan fingerprint density at radius 1 is 1.13 bits per heavy atom. The number of fused-ring (bicyclic) bond motifs is 10. The molecule has 2 N–H and O–H groups in total. The molecule has 0 saturated carbocycles. The first-order valence-corrected chi connectivity index (χ1v) is 7.96. The highest BCUT2D eigenvalue weighted by Crippen LogP contribution is 2.21. The zero-order valence-electron chi connectivity index (χ0n) is 13.4. The molecule has 1 aromatic rings. The van der Waals surface area contributed by atoms with Crippen LogP contribution in [0.15, 0.2) is 24.3 Å². The normalized spacial score (nSPS) is 28.0. The summed E-state index contributed by atoms with van der Waals surface area (Å²) in [5, 5.41) is 5.79. The first kappa shape index (κ1) is 15.8. The van der Waals surface area contributed by atoms with Gasteiger partial charge in [-0.25, -0.2) is 0 Å². The molecular formula is C17H22N2O4. The number of rotatable bonds is 2. The van der Waals surface area contributed by atoms with Crippen LogP contribution in [0.1, 0.15) is 19.4 Å². The summed E-state index contributed by atoms with van der Waals surface area (Å²) in [5.74, 6) is 0.145. The molecule has 2 amide bonds. The molecule has 0 spiro atoms. The van der Waals surface area contributed by atoms with E-state index >= 15 is 0 Å². The van der Waals surface area contributed by atoms with Crippen molar-refractivity contribution in [3.05, 3.63) is 29.8 Å². The van der Waals surface area contributed by atoms with Crippen molar-refractivity contribution in [1.82, 2.24) is 10.6 Å². The lowest BCUT2D eigenvalue weighted by molar-refractivity contribution is -0.131. The van der Waals surface area contributed by atoms with Crippen molar-refractivity contribution in [3.8, 4) is 5.75 Å². The van der Waals surface area contributed by atoms with Crippen LogP contribution in [0.5, 0.6) is 5.75 Å². The maximum absolute atomic E-state index is 12.6. The molecule has 23 heavy (non-hydrogen) atoms. The summed E-state index contributed by atoms with van der Waals surface area (Å²) in [6, 6.07) is 6.91. The molecule has 0 radical (unpaired) electrons. The van der Waals surface area contributed by atoms with Gasteiger partial charge in [-0.1, -0.05) is 26.0 Å². The van der Waals surface area contributed by atoms with E-state index in [9.17, 15) is 9.59 Å². The van der Waals surface area contributed by atoms with Crippen LogP contribution in [0.4, 0.5) is 0 Å². The number of carbonyl (C=O) groups is 2. The number of nitrogens with one attached hydrogen (secondary N) is 2. The SMILES string of the molecule is CC(C)[C@@H]1NC(=O)COc2ccc(cc2)CC(C2CO2)NC1=O. The molecule has 1 saturated heterocycles. The standard InChI is InChI=1S/C17H22N2O4/c1-10(2)16-17(21)18-13(14-8-23-14)7-11-3-5-12(6-4-11)22-9-15(20)19-16/h3-6,10,13-14,16H,7-9H2,1-2H3,(H,18,21)(H,19,20)/t13?,14?,16-/m0/s1. The maximum Gasteiger partial charge on any atom is 0.258 e. The van der Waals surface area contributed by atoms with Gasteiger partial charge in [0.25, 0.3) is 5.91 Å². The van der Waals surface area contributed by atoms with Crippen molar-refractivity contribution in [1.29, 1.82) is 0 Å². The van der Waals surface area contributed by atoms with Crippen LogP contribution >= 0.6 is 0 Å². The Kier molecular flexibility index (Phi) is 4.52. The Bertz CT molecular complexity index is 581. The molecule has 4 rings (SSSR count). The summed E-state index contributed by atoms with van der Waals surface area (Å²) in [5.41, 5.74) is 1.10. The minimum Gasteiger partial charge on any atom is -0.484 e. The summed E-state index contributed by atoms with van der Waals surface area (Å²) in [7, 11) is 0. The largest absolute Gasteiger partial charge is 0.484 e. The molecule has 3 atom stereocenters. The summed E-state index contributed by atoms with van der Waals surface area (Å²) >= 11 is 0. The van der Waals surface area contributed by atoms with E-state index in [1.807, 2.05) is 38.1 Å². The predicted molar refractivity (Wildman–Crippen MR) is 84.1 cm³/mol. The quantitative estimate of drug-likeness (QED) is 0.620. The Balaban J connectivity index is 1.84. The third-order valence-corrected chi connectivity index (χ3v) is 4.15. The van der Waals surface area contributed by atoms with Gasteiger partial charge in [0.15, 0.2) is 6.61 Å². The molecule has 1 fully saturated rings. The van der Waals surface area contributed by atoms with E-state index in [2.05, 4.69) is 10.6 Å². The van der Waals surface area contributed by atoms with Gasteiger partial charge in [0.2, 0.25) is 5.91 Å². The van der Waals surface area contributed by atoms with Crippen molar-refractivity contribution in [2.75, 3.05) is 13.2 Å². The van der Waals surface area contributed by atoms with Gasteiger partial charge in [0, 0.05) is 0 Å². The summed E-state index contributed by atoms with van der Waals surface area (Å²) in [6.07, 6.45) is 0.735. The van der Waals surface area contributed by atoms with Gasteiger partial charge < -0.3 is 20.1 Å². The van der Waals surface area contributed by atoms with E-state index in [4.69, 9.17) is 9.47 Å². The van der Waals surface area contributed by atoms with Crippen LogP contribution in [0.25, 0.3) is 0 Å². The molecule has 1 aromatic carbocycles. The van der Waals surface area contributed by atoms with E-state index in [0.29, 0.717) is 18.8 Å². The molecule has 3 aliphatic heterocycles. The minimum absolute atomic E-state index is 0.0156. The second-order valence-electron chi connectivity index (χ2n) is 6.41. The molecule has 0 aromatic heterocycles. The third kappa shape index (κ3) is 4.01. The lowest BCUT2D eigenvalue weighted by Crippen LogP contribution is -2.54. The fraction of sp³-hybridized carbons (Fsp3) is 0.529. The molecule has 2 unspecified atom stereocenters. The van der Waals surface area contributed by atoms with Gasteiger partial charge in [-0.2, -0.15) is 0 Å². The molecule has 0 aliphatic carbocycles. The third-order valence-electron chi connectivity index (χ3n) is 4.15. The minimum atomic E-state index is -0.582. The summed E-state index contributed by atoms with van der Waals surface area (Å²) < 4.78 is 10.8. The smallest absolute Gasteiger partial charge is 0.258 e. The zero-order valence-corrected chi connectivity index (χ0v) is 13.4. The molecule has 2 bridgehead atoms. The number of ether oxygens (including phenoxy) is 2. The fourth-order valence-corrected chi connectivity index (χ4v) is 2.71. The second-order valence-corrected chi connectivity index (χ2v) is 6.41. The van der Waals surface area contributed by atoms with Gasteiger partial charge in [0.1, 0.15) is 17.9 Å². The highest BCUT2D eigenvalue weighted by Gasteiger charge is 2.36. The highest BCUT2D eigenvalue weighted by atomic mass is 16.6. The summed E-state index contributed by atoms with van der Waals surface area (Å²) in [6.45, 7) is 4.36. The number of amides is 2. The lowest BCUT2D eigenvalue weighted by atomic mass is 10.00. The Morgan fingerprint density at radius 3 is 2.43 bits per heavy atom. The van der Waals surface area contributed by atoms with E-state index < -0.39 is 6.04 Å². The predicted octanol–water partition coefficient (Wildman–Crippen LogP) is 0.646. The molecule has 6 heteroatoms. The fourth-order valence-electron chi connectivity index (χ4n) is 2.71. The zero-order chi connectivity index (χ0) is 16.4. The lowest BCUT2D eigenvalue weighted by Gasteiger charge is -2.24. The van der Waals surface area contributed by atoms with Crippen molar-refractivity contribution in [2.45, 2.75) is 38.5 Å². The van der Waals surface area contributed by atoms with Crippen molar-refractivity contribution in [3.63, 3.8) is 0 Å². The van der Waals surface area contributed by atoms with Crippen LogP contribution in [0.2, 0.25) is 0 Å². The molecule has 3 aliphatic rings. The maximum atomic E-state index is 12.6. The molecular weight excluding hydrogens is 296 g/mol. The van der Waals surface area contributed by atoms with Gasteiger partial charge in [-0.15, -0.1) is 0 Å². The van der Waals surface area contributed by atoms with E-state index in [0.717, 1.165) is 5.56 Å². The second kappa shape index (κ2) is 6.58. The number of carbonyl (C=O) groups excluding carboxylic acids is 2. The van der Waals surface area contributed by atoms with Crippen LogP contribution in [-0.2, 0) is 20.7 Å². The van der Waals surface area contributed by atoms with Gasteiger partial charge in [0.05, 0.1) is 12.6 Å². The first-order chi connectivity index (χ1) is 11.0. The Labute approximate surface area is 135 Å². The van der Waals surface area contributed by atoms with Gasteiger partial charge >= 0.3 is 0 Å². The molecule has 124 valence electrons. The number of hydrogen-bond donors (Lipinski definition) is 2. The van der Waals surface area contributed by atoms with E-state index in [1.165, 1.54) is 0 Å². The van der Waals surface area contributed by atoms with Crippen LogP contribution in [-0.4, -0.2) is 43.2 Å². The van der Waals surface area contributed by atoms with Crippen molar-refractivity contribution < 1.29 is 19.1 Å². The van der Waals surface area contributed by atoms with Crippen LogP contribution in [0.3, 0.4) is 0 Å². The molecule has 3 heterocycles. The average molecular weight is 318 g/mol. The van der Waals surface area contributed by atoms with E-state index in [-0.39, 0.29) is 36.5 Å². The van der Waals surface area contributed by atoms with Crippen LogP contribution in [0, 0.1) is 5.92 Å². The van der Waals surface area contributed by atoms with E-state index in [1.54, 1.807) is 0 Å². The number of benzene rings is 1. The van der Waals surface area contributed by atoms with Gasteiger partial charge in [-0.3, -0.25) is 9.59 Å². The highest BCUT2D eigenvalue weighted by molar-refractivity contribution is 5.88. The number of hydrogen-bond acceptors (Lipinski definition) is 4. The first-order valence-electron chi connectivity index (χ1n) is 7.96. The summed E-state index contributed by atoms with van der Waals surface area (Å²) in [4.78, 5) is 24.6. The van der Waals surface area contributed by atoms with Crippen molar-refractivity contribution in [2.24, 2.45) is 5.92 Å².